The summed E-state index contributed by atoms with van der Waals surface area (Å²) in [7, 11) is 0. The second-order valence-corrected chi connectivity index (χ2v) is 6.96. The Bertz CT molecular complexity index is 336. The van der Waals surface area contributed by atoms with Crippen LogP contribution in [0.15, 0.2) is 0 Å². The summed E-state index contributed by atoms with van der Waals surface area (Å²) in [6, 6.07) is -0.348. The summed E-state index contributed by atoms with van der Waals surface area (Å²) >= 11 is 1.90. The summed E-state index contributed by atoms with van der Waals surface area (Å²) in [4.78, 5) is 26.5. The van der Waals surface area contributed by atoms with Gasteiger partial charge >= 0.3 is 0 Å². The molecule has 3 unspecified atom stereocenters. The summed E-state index contributed by atoms with van der Waals surface area (Å²) in [6.45, 7) is 8.97. The van der Waals surface area contributed by atoms with Gasteiger partial charge in [0.05, 0.1) is 0 Å². The summed E-state index contributed by atoms with van der Waals surface area (Å²) in [5.74, 6) is 2.46. The van der Waals surface area contributed by atoms with E-state index in [2.05, 4.69) is 19.2 Å². The van der Waals surface area contributed by atoms with Crippen LogP contribution >= 0.6 is 11.8 Å². The monoisotopic (exact) mass is 300 g/mol. The zero-order valence-electron chi connectivity index (χ0n) is 13.1. The minimum atomic E-state index is -0.351. The molecule has 116 valence electrons. The van der Waals surface area contributed by atoms with Crippen molar-refractivity contribution >= 4 is 23.6 Å². The van der Waals surface area contributed by atoms with E-state index in [0.717, 1.165) is 30.9 Å². The van der Waals surface area contributed by atoms with Crippen LogP contribution in [0.3, 0.4) is 0 Å². The van der Waals surface area contributed by atoms with E-state index in [1.165, 1.54) is 0 Å². The number of thioether (sulfide) groups is 1. The summed E-state index contributed by atoms with van der Waals surface area (Å²) in [6.07, 6.45) is 2.31. The van der Waals surface area contributed by atoms with Gasteiger partial charge < -0.3 is 10.2 Å². The maximum atomic E-state index is 12.7. The molecule has 1 heterocycles. The summed E-state index contributed by atoms with van der Waals surface area (Å²) < 4.78 is 0. The van der Waals surface area contributed by atoms with Crippen molar-refractivity contribution in [1.29, 1.82) is 0 Å². The molecule has 1 fully saturated rings. The van der Waals surface area contributed by atoms with Gasteiger partial charge in [-0.1, -0.05) is 27.2 Å². The molecule has 5 heteroatoms. The van der Waals surface area contributed by atoms with E-state index in [-0.39, 0.29) is 29.8 Å². The lowest BCUT2D eigenvalue weighted by atomic mass is 9.98. The van der Waals surface area contributed by atoms with Gasteiger partial charge in [-0.2, -0.15) is 11.8 Å². The van der Waals surface area contributed by atoms with Crippen molar-refractivity contribution in [3.8, 4) is 0 Å². The molecule has 0 aromatic carbocycles. The average molecular weight is 300 g/mol. The fourth-order valence-corrected chi connectivity index (χ4v) is 3.12. The average Bonchev–Trinajstić information content (AvgIpc) is 2.52. The van der Waals surface area contributed by atoms with Crippen molar-refractivity contribution in [3.05, 3.63) is 0 Å². The Morgan fingerprint density at radius 1 is 1.40 bits per heavy atom. The smallest absolute Gasteiger partial charge is 0.245 e. The van der Waals surface area contributed by atoms with Crippen LogP contribution in [-0.4, -0.2) is 46.8 Å². The largest absolute Gasteiger partial charge is 0.344 e. The molecule has 0 bridgehead atoms. The van der Waals surface area contributed by atoms with Gasteiger partial charge in [-0.15, -0.1) is 0 Å². The third kappa shape index (κ3) is 4.69. The minimum absolute atomic E-state index is 0.00147. The number of hydrogen-bond donors (Lipinski definition) is 1. The van der Waals surface area contributed by atoms with Crippen LogP contribution in [0, 0.1) is 5.92 Å². The molecule has 0 aromatic heterocycles. The highest BCUT2D eigenvalue weighted by Crippen LogP contribution is 2.18. The molecular formula is C15H28N2O2S. The van der Waals surface area contributed by atoms with Gasteiger partial charge in [-0.3, -0.25) is 9.59 Å². The SMILES string of the molecule is CCSCCCN1C(=O)C(C(C)CC)NC(=O)CC1C. The molecule has 2 amide bonds. The Hall–Kier alpha value is -0.710. The van der Waals surface area contributed by atoms with E-state index in [1.54, 1.807) is 0 Å². The molecule has 20 heavy (non-hydrogen) atoms. The van der Waals surface area contributed by atoms with Gasteiger partial charge in [-0.05, 0) is 30.8 Å². The zero-order valence-corrected chi connectivity index (χ0v) is 14.0. The molecular weight excluding hydrogens is 272 g/mol. The number of nitrogens with zero attached hydrogens (tertiary/aromatic N) is 1. The second-order valence-electron chi connectivity index (χ2n) is 5.57. The van der Waals surface area contributed by atoms with Crippen molar-refractivity contribution in [2.24, 2.45) is 5.92 Å². The molecule has 4 nitrogen and oxygen atoms in total. The van der Waals surface area contributed by atoms with Crippen molar-refractivity contribution in [1.82, 2.24) is 10.2 Å². The molecule has 1 aliphatic rings. The summed E-state index contributed by atoms with van der Waals surface area (Å²) in [5.41, 5.74) is 0. The standard InChI is InChI=1S/C15H28N2O2S/c1-5-11(3)14-15(19)17(8-7-9-20-6-2)12(4)10-13(18)16-14/h11-12,14H,5-10H2,1-4H3,(H,16,18). The van der Waals surface area contributed by atoms with Crippen LogP contribution in [0.2, 0.25) is 0 Å². The number of nitrogens with one attached hydrogen (secondary N) is 1. The molecule has 1 aliphatic heterocycles. The normalized spacial score (nSPS) is 25.3. The summed E-state index contributed by atoms with van der Waals surface area (Å²) in [5, 5.41) is 2.91. The first-order valence-electron chi connectivity index (χ1n) is 7.68. The van der Waals surface area contributed by atoms with E-state index in [1.807, 2.05) is 30.5 Å². The molecule has 0 aromatic rings. The number of rotatable bonds is 7. The maximum absolute atomic E-state index is 12.7. The molecule has 0 aliphatic carbocycles. The molecule has 3 atom stereocenters. The lowest BCUT2D eigenvalue weighted by molar-refractivity contribution is -0.136. The van der Waals surface area contributed by atoms with Gasteiger partial charge in [0.25, 0.3) is 0 Å². The van der Waals surface area contributed by atoms with E-state index in [0.29, 0.717) is 6.42 Å². The quantitative estimate of drug-likeness (QED) is 0.734. The number of hydrogen-bond acceptors (Lipinski definition) is 3. The van der Waals surface area contributed by atoms with Crippen molar-refractivity contribution in [3.63, 3.8) is 0 Å². The Balaban J connectivity index is 2.72. The fourth-order valence-electron chi connectivity index (χ4n) is 2.50. The minimum Gasteiger partial charge on any atom is -0.344 e. The van der Waals surface area contributed by atoms with Crippen LogP contribution in [0.1, 0.15) is 47.0 Å². The fraction of sp³-hybridized carbons (Fsp3) is 0.867. The Labute approximate surface area is 127 Å². The van der Waals surface area contributed by atoms with Crippen LogP contribution in [0.25, 0.3) is 0 Å². The number of carbonyl (C=O) groups excluding carboxylic acids is 2. The first-order valence-corrected chi connectivity index (χ1v) is 8.84. The Morgan fingerprint density at radius 2 is 2.10 bits per heavy atom. The Morgan fingerprint density at radius 3 is 2.70 bits per heavy atom. The van der Waals surface area contributed by atoms with Gasteiger partial charge in [0.1, 0.15) is 6.04 Å². The lowest BCUT2D eigenvalue weighted by Crippen LogP contribution is -2.49. The molecule has 1 saturated heterocycles. The molecule has 1 N–H and O–H groups in total. The number of amides is 2. The predicted molar refractivity (Wildman–Crippen MR) is 84.8 cm³/mol. The highest BCUT2D eigenvalue weighted by Gasteiger charge is 2.35. The van der Waals surface area contributed by atoms with Crippen LogP contribution in [0.5, 0.6) is 0 Å². The number of carbonyl (C=O) groups is 2. The van der Waals surface area contributed by atoms with Crippen LogP contribution in [-0.2, 0) is 9.59 Å². The van der Waals surface area contributed by atoms with E-state index < -0.39 is 0 Å². The third-order valence-corrected chi connectivity index (χ3v) is 4.97. The van der Waals surface area contributed by atoms with Gasteiger partial charge in [-0.25, -0.2) is 0 Å². The van der Waals surface area contributed by atoms with Gasteiger partial charge in [0, 0.05) is 19.0 Å². The topological polar surface area (TPSA) is 49.4 Å². The highest BCUT2D eigenvalue weighted by atomic mass is 32.2. The lowest BCUT2D eigenvalue weighted by Gasteiger charge is -2.30. The van der Waals surface area contributed by atoms with Crippen LogP contribution < -0.4 is 5.32 Å². The van der Waals surface area contributed by atoms with Crippen molar-refractivity contribution < 1.29 is 9.59 Å². The predicted octanol–water partition coefficient (Wildman–Crippen LogP) is 2.28. The first kappa shape index (κ1) is 17.3. The van der Waals surface area contributed by atoms with Gasteiger partial charge in [0.15, 0.2) is 0 Å². The zero-order chi connectivity index (χ0) is 15.1. The first-order chi connectivity index (χ1) is 9.51. The molecule has 0 saturated carbocycles. The molecule has 0 radical (unpaired) electrons. The maximum Gasteiger partial charge on any atom is 0.245 e. The second kappa shape index (κ2) is 8.55. The van der Waals surface area contributed by atoms with E-state index in [4.69, 9.17) is 0 Å². The van der Waals surface area contributed by atoms with Crippen LogP contribution in [0.4, 0.5) is 0 Å². The van der Waals surface area contributed by atoms with E-state index >= 15 is 0 Å². The highest BCUT2D eigenvalue weighted by molar-refractivity contribution is 7.99. The van der Waals surface area contributed by atoms with Gasteiger partial charge in [0.2, 0.25) is 11.8 Å². The third-order valence-electron chi connectivity index (χ3n) is 3.98. The Kier molecular flexibility index (Phi) is 7.41. The molecule has 0 spiro atoms. The van der Waals surface area contributed by atoms with Crippen molar-refractivity contribution in [2.45, 2.75) is 59.0 Å². The van der Waals surface area contributed by atoms with Crippen molar-refractivity contribution in [2.75, 3.05) is 18.1 Å². The van der Waals surface area contributed by atoms with E-state index in [9.17, 15) is 9.59 Å². The molecule has 1 rings (SSSR count).